The van der Waals surface area contributed by atoms with Gasteiger partial charge in [0.25, 0.3) is 0 Å². The number of hydrogen-bond acceptors (Lipinski definition) is 12. The monoisotopic (exact) mass is 883 g/mol. The highest BCUT2D eigenvalue weighted by Gasteiger charge is 2.51. The van der Waals surface area contributed by atoms with Crippen molar-refractivity contribution in [3.05, 3.63) is 72.9 Å². The molecule has 0 aliphatic heterocycles. The summed E-state index contributed by atoms with van der Waals surface area (Å²) in [6.07, 6.45) is 32.4. The van der Waals surface area contributed by atoms with E-state index in [-0.39, 0.29) is 12.8 Å². The van der Waals surface area contributed by atoms with E-state index in [4.69, 9.17) is 18.5 Å². The smallest absolute Gasteiger partial charge is 0.462 e. The Kier molecular flexibility index (Phi) is 33.9. The Morgan fingerprint density at radius 2 is 0.902 bits per heavy atom. The van der Waals surface area contributed by atoms with Gasteiger partial charge in [0.15, 0.2) is 6.10 Å². The van der Waals surface area contributed by atoms with E-state index in [1.54, 1.807) is 0 Å². The Morgan fingerprint density at radius 1 is 0.508 bits per heavy atom. The van der Waals surface area contributed by atoms with Crippen LogP contribution < -0.4 is 0 Å². The molecule has 6 N–H and O–H groups in total. The molecule has 0 aromatic carbocycles. The second-order valence-electron chi connectivity index (χ2n) is 15.5. The standard InChI is InChI=1S/C47H79O13P/c1-3-5-7-9-11-13-15-17-19-20-22-24-26-28-30-32-34-36-41(49)59-39(38-58-61(55,56)60-47-45(53)43(51)42(50)44(52)46(47)54)37-57-40(48)35-33-31-29-27-25-23-21-18-16-14-12-10-8-6-4-2/h11-14,17-19,21-22,24,28,30,39,42-47,50-54H,3-10,15-16,20,23,25-27,29,31-38H2,1-2H3,(H,55,56)/b13-11-,14-12-,19-17-,21-18-,24-22-,30-28-/t39-,42?,43-,44?,45?,46?,47?/m1/s1. The fraction of sp³-hybridized carbons (Fsp3) is 0.702. The molecule has 0 aromatic heterocycles. The molecule has 350 valence electrons. The largest absolute Gasteiger partial charge is 0.472 e. The molecule has 0 amide bonds. The summed E-state index contributed by atoms with van der Waals surface area (Å²) in [4.78, 5) is 35.6. The van der Waals surface area contributed by atoms with Crippen LogP contribution in [0.5, 0.6) is 0 Å². The van der Waals surface area contributed by atoms with Gasteiger partial charge < -0.3 is 39.9 Å². The molecule has 1 aliphatic carbocycles. The van der Waals surface area contributed by atoms with E-state index in [0.29, 0.717) is 19.3 Å². The number of phosphoric ester groups is 1. The Hall–Kier alpha value is -2.71. The van der Waals surface area contributed by atoms with Crippen molar-refractivity contribution in [1.82, 2.24) is 0 Å². The van der Waals surface area contributed by atoms with Gasteiger partial charge in [0.2, 0.25) is 0 Å². The molecule has 0 heterocycles. The zero-order chi connectivity index (χ0) is 45.0. The van der Waals surface area contributed by atoms with Crippen LogP contribution in [0, 0.1) is 0 Å². The number of aliphatic hydroxyl groups is 5. The lowest BCUT2D eigenvalue weighted by atomic mass is 9.85. The predicted octanol–water partition coefficient (Wildman–Crippen LogP) is 8.72. The van der Waals surface area contributed by atoms with Gasteiger partial charge in [-0.15, -0.1) is 0 Å². The van der Waals surface area contributed by atoms with E-state index < -0.39 is 75.7 Å². The van der Waals surface area contributed by atoms with Crippen molar-refractivity contribution < 1.29 is 63.1 Å². The molecule has 1 rings (SSSR count). The second kappa shape index (κ2) is 36.7. The highest BCUT2D eigenvalue weighted by atomic mass is 31.2. The molecule has 0 bridgehead atoms. The molecule has 6 unspecified atom stereocenters. The van der Waals surface area contributed by atoms with E-state index in [1.807, 2.05) is 12.2 Å². The van der Waals surface area contributed by atoms with Crippen LogP contribution in [0.25, 0.3) is 0 Å². The molecule has 13 nitrogen and oxygen atoms in total. The normalized spacial score (nSPS) is 22.7. The van der Waals surface area contributed by atoms with Gasteiger partial charge in [-0.05, 0) is 83.5 Å². The first-order valence-corrected chi connectivity index (χ1v) is 24.2. The third-order valence-electron chi connectivity index (χ3n) is 10.0. The van der Waals surface area contributed by atoms with Crippen LogP contribution in [0.3, 0.4) is 0 Å². The number of aliphatic hydroxyl groups excluding tert-OH is 5. The molecule has 0 spiro atoms. The van der Waals surface area contributed by atoms with E-state index in [2.05, 4.69) is 74.6 Å². The predicted molar refractivity (Wildman–Crippen MR) is 239 cm³/mol. The van der Waals surface area contributed by atoms with E-state index in [0.717, 1.165) is 70.6 Å². The summed E-state index contributed by atoms with van der Waals surface area (Å²) in [7, 11) is -5.14. The van der Waals surface area contributed by atoms with Crippen molar-refractivity contribution in [2.75, 3.05) is 13.2 Å². The van der Waals surface area contributed by atoms with Gasteiger partial charge in [-0.1, -0.05) is 132 Å². The summed E-state index contributed by atoms with van der Waals surface area (Å²) < 4.78 is 33.4. The highest BCUT2D eigenvalue weighted by molar-refractivity contribution is 7.47. The Balaban J connectivity index is 2.53. The van der Waals surface area contributed by atoms with Crippen LogP contribution in [0.15, 0.2) is 72.9 Å². The fourth-order valence-corrected chi connectivity index (χ4v) is 7.28. The van der Waals surface area contributed by atoms with Gasteiger partial charge >= 0.3 is 19.8 Å². The Bertz CT molecular complexity index is 1340. The number of carbonyl (C=O) groups is 2. The van der Waals surface area contributed by atoms with E-state index in [9.17, 15) is 44.6 Å². The van der Waals surface area contributed by atoms with Crippen molar-refractivity contribution in [2.45, 2.75) is 198 Å². The number of carbonyl (C=O) groups excluding carboxylic acids is 2. The second-order valence-corrected chi connectivity index (χ2v) is 16.9. The molecule has 61 heavy (non-hydrogen) atoms. The number of hydrogen-bond donors (Lipinski definition) is 6. The van der Waals surface area contributed by atoms with E-state index in [1.165, 1.54) is 38.5 Å². The maximum absolute atomic E-state index is 12.8. The first-order chi connectivity index (χ1) is 29.4. The van der Waals surface area contributed by atoms with Gasteiger partial charge in [-0.3, -0.25) is 18.6 Å². The molecule has 0 radical (unpaired) electrons. The quantitative estimate of drug-likeness (QED) is 0.0151. The first-order valence-electron chi connectivity index (χ1n) is 22.7. The van der Waals surface area contributed by atoms with Gasteiger partial charge in [0, 0.05) is 12.8 Å². The minimum absolute atomic E-state index is 0.0142. The van der Waals surface area contributed by atoms with Crippen molar-refractivity contribution in [3.63, 3.8) is 0 Å². The average molecular weight is 883 g/mol. The fourth-order valence-electron chi connectivity index (χ4n) is 6.31. The molecular formula is C47H79O13P. The van der Waals surface area contributed by atoms with Crippen molar-refractivity contribution >= 4 is 19.8 Å². The molecule has 0 saturated heterocycles. The summed E-state index contributed by atoms with van der Waals surface area (Å²) in [6, 6.07) is 0. The van der Waals surface area contributed by atoms with Crippen LogP contribution >= 0.6 is 7.82 Å². The van der Waals surface area contributed by atoms with Crippen LogP contribution in [-0.2, 0) is 32.7 Å². The SMILES string of the molecule is CCCCC/C=C\C/C=C\C/C=C\C/C=C\CCCC(=O)O[C@H](COC(=O)CCCCCCC/C=C\C/C=C\CCCCC)COP(=O)(O)OC1C(O)C(O)C(O)[C@@H](O)C1O. The van der Waals surface area contributed by atoms with Crippen LogP contribution in [-0.4, -0.2) is 98.3 Å². The topological polar surface area (TPSA) is 210 Å². The van der Waals surface area contributed by atoms with Gasteiger partial charge in [-0.25, -0.2) is 4.57 Å². The molecular weight excluding hydrogens is 803 g/mol. The number of rotatable bonds is 36. The zero-order valence-electron chi connectivity index (χ0n) is 36.9. The molecule has 0 aromatic rings. The lowest BCUT2D eigenvalue weighted by Crippen LogP contribution is -2.64. The lowest BCUT2D eigenvalue weighted by molar-refractivity contribution is -0.220. The number of phosphoric acid groups is 1. The van der Waals surface area contributed by atoms with Crippen molar-refractivity contribution in [3.8, 4) is 0 Å². The number of unbranched alkanes of at least 4 members (excludes halogenated alkanes) is 12. The third kappa shape index (κ3) is 29.3. The van der Waals surface area contributed by atoms with Crippen LogP contribution in [0.1, 0.15) is 155 Å². The molecule has 14 heteroatoms. The Labute approximate surface area is 365 Å². The van der Waals surface area contributed by atoms with Crippen LogP contribution in [0.2, 0.25) is 0 Å². The Morgan fingerprint density at radius 3 is 1.39 bits per heavy atom. The molecule has 8 atom stereocenters. The van der Waals surface area contributed by atoms with E-state index >= 15 is 0 Å². The van der Waals surface area contributed by atoms with Crippen molar-refractivity contribution in [1.29, 1.82) is 0 Å². The maximum atomic E-state index is 12.8. The first kappa shape index (κ1) is 56.3. The van der Waals surface area contributed by atoms with Gasteiger partial charge in [-0.2, -0.15) is 0 Å². The summed E-state index contributed by atoms with van der Waals surface area (Å²) >= 11 is 0. The number of allylic oxidation sites excluding steroid dienone is 12. The molecule has 1 fully saturated rings. The van der Waals surface area contributed by atoms with Crippen molar-refractivity contribution in [2.24, 2.45) is 0 Å². The minimum Gasteiger partial charge on any atom is -0.462 e. The average Bonchev–Trinajstić information content (AvgIpc) is 3.24. The molecule has 1 aliphatic rings. The third-order valence-corrected chi connectivity index (χ3v) is 11.0. The zero-order valence-corrected chi connectivity index (χ0v) is 37.8. The van der Waals surface area contributed by atoms with Crippen LogP contribution in [0.4, 0.5) is 0 Å². The highest BCUT2D eigenvalue weighted by Crippen LogP contribution is 2.47. The lowest BCUT2D eigenvalue weighted by Gasteiger charge is -2.41. The van der Waals surface area contributed by atoms with Gasteiger partial charge in [0.05, 0.1) is 6.61 Å². The maximum Gasteiger partial charge on any atom is 0.472 e. The summed E-state index contributed by atoms with van der Waals surface area (Å²) in [5.41, 5.74) is 0. The minimum atomic E-state index is -5.14. The summed E-state index contributed by atoms with van der Waals surface area (Å²) in [5, 5.41) is 50.1. The summed E-state index contributed by atoms with van der Waals surface area (Å²) in [6.45, 7) is 3.17. The number of esters is 2. The number of ether oxygens (including phenoxy) is 2. The summed E-state index contributed by atoms with van der Waals surface area (Å²) in [5.74, 6) is -1.19. The molecule has 1 saturated carbocycles. The van der Waals surface area contributed by atoms with Gasteiger partial charge in [0.1, 0.15) is 43.2 Å².